The van der Waals surface area contributed by atoms with E-state index >= 15 is 0 Å². The maximum absolute atomic E-state index is 12.0. The molecule has 5 unspecified atom stereocenters. The summed E-state index contributed by atoms with van der Waals surface area (Å²) in [4.78, 5) is 57.1. The van der Waals surface area contributed by atoms with Crippen LogP contribution in [0, 0.1) is 0 Å². The van der Waals surface area contributed by atoms with Crippen molar-refractivity contribution in [2.75, 3.05) is 6.61 Å². The Morgan fingerprint density at radius 1 is 0.926 bits per heavy atom. The molecule has 0 aromatic carbocycles. The van der Waals surface area contributed by atoms with E-state index in [2.05, 4.69) is 10.6 Å². The van der Waals surface area contributed by atoms with Crippen LogP contribution in [0.3, 0.4) is 0 Å². The van der Waals surface area contributed by atoms with E-state index in [1.54, 1.807) is 0 Å². The van der Waals surface area contributed by atoms with Gasteiger partial charge in [0.2, 0.25) is 17.7 Å². The highest BCUT2D eigenvalue weighted by atomic mass is 16.4. The molecule has 3 amide bonds. The van der Waals surface area contributed by atoms with Crippen LogP contribution in [0.5, 0.6) is 0 Å². The Hall–Kier alpha value is -2.77. The molecule has 0 aromatic rings. The number of nitrogens with two attached hydrogens (primary N) is 1. The number of rotatable bonds is 11. The van der Waals surface area contributed by atoms with Crippen molar-refractivity contribution in [1.82, 2.24) is 16.0 Å². The summed E-state index contributed by atoms with van der Waals surface area (Å²) in [6, 6.07) is -5.83. The number of hydrogen-bond donors (Lipinski definition) is 8. The van der Waals surface area contributed by atoms with Crippen LogP contribution in [0.15, 0.2) is 0 Å². The van der Waals surface area contributed by atoms with E-state index in [1.807, 2.05) is 5.32 Å². The zero-order valence-electron chi connectivity index (χ0n) is 14.7. The van der Waals surface area contributed by atoms with Crippen LogP contribution in [0.1, 0.15) is 20.3 Å². The number of nitrogens with one attached hydrogen (secondary N) is 3. The fraction of sp³-hybridized carbons (Fsp3) is 0.643. The van der Waals surface area contributed by atoms with Crippen LogP contribution in [-0.4, -0.2) is 87.0 Å². The predicted molar refractivity (Wildman–Crippen MR) is 88.1 cm³/mol. The molecule has 13 nitrogen and oxygen atoms in total. The fourth-order valence-electron chi connectivity index (χ4n) is 1.80. The van der Waals surface area contributed by atoms with Crippen LogP contribution in [0.2, 0.25) is 0 Å². The molecule has 5 atom stereocenters. The second-order valence-corrected chi connectivity index (χ2v) is 5.74. The number of aliphatic hydroxyl groups is 2. The van der Waals surface area contributed by atoms with E-state index in [0.29, 0.717) is 0 Å². The van der Waals surface area contributed by atoms with Crippen molar-refractivity contribution < 1.29 is 44.4 Å². The number of carbonyl (C=O) groups excluding carboxylic acids is 3. The number of carboxylic acid groups (broad SMARTS) is 2. The number of aliphatic hydroxyl groups excluding tert-OH is 2. The molecule has 0 rings (SSSR count). The van der Waals surface area contributed by atoms with Crippen LogP contribution >= 0.6 is 0 Å². The van der Waals surface area contributed by atoms with Gasteiger partial charge in [-0.05, 0) is 13.8 Å². The van der Waals surface area contributed by atoms with Crippen molar-refractivity contribution in [2.24, 2.45) is 5.73 Å². The molecule has 0 heterocycles. The second-order valence-electron chi connectivity index (χ2n) is 5.74. The van der Waals surface area contributed by atoms with Gasteiger partial charge in [0.05, 0.1) is 25.2 Å². The zero-order valence-corrected chi connectivity index (χ0v) is 14.7. The quantitative estimate of drug-likeness (QED) is 0.169. The van der Waals surface area contributed by atoms with Crippen molar-refractivity contribution >= 4 is 29.7 Å². The molecule has 0 bridgehead atoms. The predicted octanol–water partition coefficient (Wildman–Crippen LogP) is -4.28. The molecular weight excluding hydrogens is 368 g/mol. The Bertz CT molecular complexity index is 581. The summed E-state index contributed by atoms with van der Waals surface area (Å²) in [5, 5.41) is 42.2. The van der Waals surface area contributed by atoms with Crippen LogP contribution in [0.25, 0.3) is 0 Å². The lowest BCUT2D eigenvalue weighted by Crippen LogP contribution is -2.58. The Morgan fingerprint density at radius 3 is 1.89 bits per heavy atom. The molecule has 0 saturated carbocycles. The third-order valence-electron chi connectivity index (χ3n) is 3.35. The first-order chi connectivity index (χ1) is 12.4. The number of hydrogen-bond acceptors (Lipinski definition) is 8. The van der Waals surface area contributed by atoms with E-state index in [1.165, 1.54) is 6.92 Å². The Balaban J connectivity index is 4.82. The highest BCUT2D eigenvalue weighted by molar-refractivity contribution is 5.94. The van der Waals surface area contributed by atoms with Gasteiger partial charge in [-0.2, -0.15) is 0 Å². The summed E-state index contributed by atoms with van der Waals surface area (Å²) in [5.41, 5.74) is 5.35. The molecular formula is C14H24N4O9. The van der Waals surface area contributed by atoms with Crippen molar-refractivity contribution in [3.05, 3.63) is 0 Å². The monoisotopic (exact) mass is 392 g/mol. The molecule has 0 aliphatic heterocycles. The molecule has 0 radical (unpaired) electrons. The van der Waals surface area contributed by atoms with Crippen LogP contribution in [0.4, 0.5) is 0 Å². The summed E-state index contributed by atoms with van der Waals surface area (Å²) < 4.78 is 0. The van der Waals surface area contributed by atoms with Crippen molar-refractivity contribution in [1.29, 1.82) is 0 Å². The fourth-order valence-corrected chi connectivity index (χ4v) is 1.80. The average Bonchev–Trinajstić information content (AvgIpc) is 2.55. The molecule has 13 heteroatoms. The molecule has 0 fully saturated rings. The number of amides is 3. The smallest absolute Gasteiger partial charge is 0.328 e. The average molecular weight is 392 g/mol. The van der Waals surface area contributed by atoms with Gasteiger partial charge in [-0.3, -0.25) is 19.2 Å². The van der Waals surface area contributed by atoms with Gasteiger partial charge in [0.1, 0.15) is 12.1 Å². The van der Waals surface area contributed by atoms with E-state index in [9.17, 15) is 34.2 Å². The molecule has 27 heavy (non-hydrogen) atoms. The topological polar surface area (TPSA) is 228 Å². The second kappa shape index (κ2) is 11.1. The first-order valence-electron chi connectivity index (χ1n) is 7.80. The largest absolute Gasteiger partial charge is 0.481 e. The van der Waals surface area contributed by atoms with E-state index in [0.717, 1.165) is 6.92 Å². The minimum absolute atomic E-state index is 0.655. The maximum atomic E-state index is 12.0. The zero-order chi connectivity index (χ0) is 21.3. The molecule has 0 aliphatic rings. The maximum Gasteiger partial charge on any atom is 0.328 e. The third-order valence-corrected chi connectivity index (χ3v) is 3.35. The molecule has 9 N–H and O–H groups in total. The van der Waals surface area contributed by atoms with E-state index in [-0.39, 0.29) is 0 Å². The Labute approximate surface area is 153 Å². The molecule has 0 aromatic heterocycles. The Kier molecular flexibility index (Phi) is 9.92. The SMILES string of the molecule is CC(NC(=O)C(N)CC(=O)O)C(=O)NC(CO)C(=O)NC(C(=O)O)C(C)O. The molecule has 154 valence electrons. The Morgan fingerprint density at radius 2 is 1.48 bits per heavy atom. The van der Waals surface area contributed by atoms with Crippen molar-refractivity contribution in [3.8, 4) is 0 Å². The summed E-state index contributed by atoms with van der Waals surface area (Å²) in [6.45, 7) is 1.47. The van der Waals surface area contributed by atoms with Crippen LogP contribution < -0.4 is 21.7 Å². The van der Waals surface area contributed by atoms with Gasteiger partial charge in [-0.25, -0.2) is 4.79 Å². The first-order valence-corrected chi connectivity index (χ1v) is 7.80. The van der Waals surface area contributed by atoms with Crippen molar-refractivity contribution in [3.63, 3.8) is 0 Å². The highest BCUT2D eigenvalue weighted by Crippen LogP contribution is 1.96. The van der Waals surface area contributed by atoms with Crippen molar-refractivity contribution in [2.45, 2.75) is 50.5 Å². The number of carboxylic acids is 2. The highest BCUT2D eigenvalue weighted by Gasteiger charge is 2.30. The van der Waals surface area contributed by atoms with Crippen LogP contribution in [-0.2, 0) is 24.0 Å². The third kappa shape index (κ3) is 8.44. The molecule has 0 spiro atoms. The van der Waals surface area contributed by atoms with E-state index < -0.39 is 73.0 Å². The first kappa shape index (κ1) is 24.2. The van der Waals surface area contributed by atoms with Gasteiger partial charge < -0.3 is 42.1 Å². The van der Waals surface area contributed by atoms with Gasteiger partial charge in [0.25, 0.3) is 0 Å². The standard InChI is InChI=1S/C14H24N4O9/c1-5(16-12(24)7(15)3-9(21)22)11(23)17-8(4-19)13(25)18-10(6(2)20)14(26)27/h5-8,10,19-20H,3-4,15H2,1-2H3,(H,16,24)(H,17,23)(H,18,25)(H,21,22)(H,26,27). The lowest BCUT2D eigenvalue weighted by atomic mass is 10.1. The normalized spacial score (nSPS) is 16.2. The number of carbonyl (C=O) groups is 5. The number of aliphatic carboxylic acids is 2. The van der Waals surface area contributed by atoms with Gasteiger partial charge >= 0.3 is 11.9 Å². The molecule has 0 aliphatic carbocycles. The molecule has 0 saturated heterocycles. The summed E-state index contributed by atoms with van der Waals surface area (Å²) >= 11 is 0. The summed E-state index contributed by atoms with van der Waals surface area (Å²) in [6.07, 6.45) is -2.09. The van der Waals surface area contributed by atoms with Gasteiger partial charge in [0, 0.05) is 0 Å². The lowest BCUT2D eigenvalue weighted by Gasteiger charge is -2.23. The van der Waals surface area contributed by atoms with Gasteiger partial charge in [-0.1, -0.05) is 0 Å². The minimum atomic E-state index is -1.66. The van der Waals surface area contributed by atoms with Gasteiger partial charge in [0.15, 0.2) is 6.04 Å². The summed E-state index contributed by atoms with van der Waals surface area (Å²) in [5.74, 6) is -5.72. The van der Waals surface area contributed by atoms with E-state index in [4.69, 9.17) is 15.9 Å². The lowest BCUT2D eigenvalue weighted by molar-refractivity contribution is -0.145. The minimum Gasteiger partial charge on any atom is -0.481 e. The van der Waals surface area contributed by atoms with Gasteiger partial charge in [-0.15, -0.1) is 0 Å². The summed E-state index contributed by atoms with van der Waals surface area (Å²) in [7, 11) is 0.